The minimum atomic E-state index is 0.105. The van der Waals surface area contributed by atoms with Crippen molar-refractivity contribution in [1.29, 1.82) is 0 Å². The molecule has 35 heavy (non-hydrogen) atoms. The summed E-state index contributed by atoms with van der Waals surface area (Å²) in [5.41, 5.74) is 6.97. The normalized spacial score (nSPS) is 10.9. The summed E-state index contributed by atoms with van der Waals surface area (Å²) in [6.45, 7) is 11.5. The Morgan fingerprint density at radius 2 is 1.09 bits per heavy atom. The van der Waals surface area contributed by atoms with Gasteiger partial charge in [0.2, 0.25) is 0 Å². The van der Waals surface area contributed by atoms with Crippen molar-refractivity contribution < 1.29 is 20.1 Å². The largest absolute Gasteiger partial charge is 0.508 e. The van der Waals surface area contributed by atoms with Crippen molar-refractivity contribution in [2.24, 2.45) is 0 Å². The number of benzene rings is 4. The summed E-state index contributed by atoms with van der Waals surface area (Å²) >= 11 is 0. The number of para-hydroxylation sites is 2. The Balaban J connectivity index is 2.00. The summed E-state index contributed by atoms with van der Waals surface area (Å²) in [5.74, 6) is 1.58. The summed E-state index contributed by atoms with van der Waals surface area (Å²) in [6.07, 6.45) is 0. The second-order valence-electron chi connectivity index (χ2n) is 9.21. The van der Waals surface area contributed by atoms with Crippen LogP contribution in [-0.2, 0) is 0 Å². The Morgan fingerprint density at radius 1 is 0.600 bits per heavy atom. The van der Waals surface area contributed by atoms with Gasteiger partial charge in [-0.05, 0) is 111 Å². The Morgan fingerprint density at radius 3 is 1.57 bits per heavy atom. The summed E-state index contributed by atoms with van der Waals surface area (Å²) in [7, 11) is 0. The predicted molar refractivity (Wildman–Crippen MR) is 141 cm³/mol. The Kier molecular flexibility index (Phi) is 6.35. The molecule has 5 heteroatoms. The maximum atomic E-state index is 11.1. The van der Waals surface area contributed by atoms with E-state index in [1.165, 1.54) is 0 Å². The van der Waals surface area contributed by atoms with Crippen LogP contribution in [0.1, 0.15) is 33.4 Å². The molecule has 5 nitrogen and oxygen atoms in total. The van der Waals surface area contributed by atoms with E-state index in [1.807, 2.05) is 82.8 Å². The van der Waals surface area contributed by atoms with Gasteiger partial charge >= 0.3 is 0 Å². The standard InChI is InChI=1S/C30H31NO4/c1-17-11-19(3)28(25(33)13-17)31(29-20(4)12-18(2)14-26(29)34)24-9-7-8-10-27(24)35-30-21(5)15-23(32)16-22(30)6/h7-16,32-34H,1-6H3. The van der Waals surface area contributed by atoms with Crippen LogP contribution in [0.5, 0.6) is 28.7 Å². The van der Waals surface area contributed by atoms with Gasteiger partial charge in [-0.3, -0.25) is 4.90 Å². The number of phenols is 3. The van der Waals surface area contributed by atoms with Gasteiger partial charge in [0.25, 0.3) is 0 Å². The number of hydrogen-bond donors (Lipinski definition) is 3. The molecule has 0 unspecified atom stereocenters. The van der Waals surface area contributed by atoms with Crippen molar-refractivity contribution in [2.75, 3.05) is 4.90 Å². The molecular weight excluding hydrogens is 438 g/mol. The maximum Gasteiger partial charge on any atom is 0.151 e. The minimum absolute atomic E-state index is 0.105. The van der Waals surface area contributed by atoms with Crippen molar-refractivity contribution in [1.82, 2.24) is 0 Å². The average molecular weight is 470 g/mol. The molecule has 0 bridgehead atoms. The quantitative estimate of drug-likeness (QED) is 0.277. The fourth-order valence-corrected chi connectivity index (χ4v) is 4.74. The van der Waals surface area contributed by atoms with E-state index in [0.29, 0.717) is 28.6 Å². The molecule has 0 amide bonds. The van der Waals surface area contributed by atoms with E-state index in [0.717, 1.165) is 33.4 Å². The lowest BCUT2D eigenvalue weighted by molar-refractivity contribution is 0.458. The number of anilines is 3. The van der Waals surface area contributed by atoms with Crippen LogP contribution in [0.4, 0.5) is 17.1 Å². The van der Waals surface area contributed by atoms with Crippen LogP contribution in [0, 0.1) is 41.5 Å². The van der Waals surface area contributed by atoms with Gasteiger partial charge in [-0.25, -0.2) is 0 Å². The Hall–Kier alpha value is -4.12. The number of aryl methyl sites for hydroxylation is 6. The zero-order chi connectivity index (χ0) is 25.4. The predicted octanol–water partition coefficient (Wildman–Crippen LogP) is 7.92. The van der Waals surface area contributed by atoms with Gasteiger partial charge in [0.05, 0.1) is 17.1 Å². The van der Waals surface area contributed by atoms with Crippen LogP contribution in [0.3, 0.4) is 0 Å². The maximum absolute atomic E-state index is 11.1. The molecule has 0 fully saturated rings. The molecule has 0 aliphatic heterocycles. The number of aromatic hydroxyl groups is 3. The molecule has 0 aromatic heterocycles. The highest BCUT2D eigenvalue weighted by atomic mass is 16.5. The van der Waals surface area contributed by atoms with Gasteiger partial charge in [0.15, 0.2) is 5.75 Å². The first kappa shape index (κ1) is 24.0. The third kappa shape index (κ3) is 4.62. The van der Waals surface area contributed by atoms with Crippen LogP contribution in [0.15, 0.2) is 60.7 Å². The third-order valence-corrected chi connectivity index (χ3v) is 6.06. The third-order valence-electron chi connectivity index (χ3n) is 6.06. The molecular formula is C30H31NO4. The smallest absolute Gasteiger partial charge is 0.151 e. The molecule has 4 aromatic carbocycles. The van der Waals surface area contributed by atoms with Crippen molar-refractivity contribution >= 4 is 17.1 Å². The van der Waals surface area contributed by atoms with Crippen LogP contribution < -0.4 is 9.64 Å². The van der Waals surface area contributed by atoms with Crippen molar-refractivity contribution in [3.63, 3.8) is 0 Å². The molecule has 4 aromatic rings. The molecule has 0 saturated carbocycles. The molecule has 0 aliphatic rings. The van der Waals surface area contributed by atoms with Crippen LogP contribution in [0.25, 0.3) is 0 Å². The van der Waals surface area contributed by atoms with Crippen LogP contribution >= 0.6 is 0 Å². The highest BCUT2D eigenvalue weighted by Gasteiger charge is 2.26. The number of hydrogen-bond acceptors (Lipinski definition) is 5. The van der Waals surface area contributed by atoms with Crippen molar-refractivity contribution in [2.45, 2.75) is 41.5 Å². The number of phenolic OH excluding ortho intramolecular Hbond substituents is 3. The Bertz CT molecular complexity index is 1300. The van der Waals surface area contributed by atoms with Gasteiger partial charge in [0, 0.05) is 0 Å². The average Bonchev–Trinajstić information content (AvgIpc) is 2.74. The molecule has 0 radical (unpaired) electrons. The second kappa shape index (κ2) is 9.26. The lowest BCUT2D eigenvalue weighted by atomic mass is 10.0. The number of nitrogens with zero attached hydrogens (tertiary/aromatic N) is 1. The van der Waals surface area contributed by atoms with Gasteiger partial charge < -0.3 is 20.1 Å². The first-order valence-corrected chi connectivity index (χ1v) is 11.5. The molecule has 3 N–H and O–H groups in total. The summed E-state index contributed by atoms with van der Waals surface area (Å²) in [4.78, 5) is 1.86. The van der Waals surface area contributed by atoms with Gasteiger partial charge in [0.1, 0.15) is 23.0 Å². The van der Waals surface area contributed by atoms with Gasteiger partial charge in [-0.1, -0.05) is 24.3 Å². The first-order valence-electron chi connectivity index (χ1n) is 11.5. The zero-order valence-electron chi connectivity index (χ0n) is 21.0. The minimum Gasteiger partial charge on any atom is -0.508 e. The molecule has 0 atom stereocenters. The zero-order valence-corrected chi connectivity index (χ0v) is 21.0. The lowest BCUT2D eigenvalue weighted by Crippen LogP contribution is -2.14. The monoisotopic (exact) mass is 469 g/mol. The Labute approximate surface area is 206 Å². The van der Waals surface area contributed by atoms with E-state index < -0.39 is 0 Å². The molecule has 4 rings (SSSR count). The molecule has 0 aliphatic carbocycles. The number of ether oxygens (including phenoxy) is 1. The first-order chi connectivity index (χ1) is 16.6. The highest BCUT2D eigenvalue weighted by molar-refractivity contribution is 5.88. The van der Waals surface area contributed by atoms with Crippen molar-refractivity contribution in [3.8, 4) is 28.7 Å². The van der Waals surface area contributed by atoms with Crippen LogP contribution in [0.2, 0.25) is 0 Å². The molecule has 0 spiro atoms. The van der Waals surface area contributed by atoms with E-state index >= 15 is 0 Å². The van der Waals surface area contributed by atoms with E-state index in [9.17, 15) is 15.3 Å². The SMILES string of the molecule is Cc1cc(C)c(N(c2ccccc2Oc2c(C)cc(O)cc2C)c2c(C)cc(C)cc2O)c(O)c1. The fraction of sp³-hybridized carbons (Fsp3) is 0.200. The topological polar surface area (TPSA) is 73.2 Å². The fourth-order valence-electron chi connectivity index (χ4n) is 4.74. The summed E-state index contributed by atoms with van der Waals surface area (Å²) in [6, 6.07) is 18.3. The van der Waals surface area contributed by atoms with E-state index in [4.69, 9.17) is 4.74 Å². The van der Waals surface area contributed by atoms with E-state index in [2.05, 4.69) is 0 Å². The summed E-state index contributed by atoms with van der Waals surface area (Å²) in [5, 5.41) is 32.2. The highest BCUT2D eigenvalue weighted by Crippen LogP contribution is 2.50. The van der Waals surface area contributed by atoms with E-state index in [-0.39, 0.29) is 17.2 Å². The van der Waals surface area contributed by atoms with Crippen LogP contribution in [-0.4, -0.2) is 15.3 Å². The molecule has 0 saturated heterocycles. The van der Waals surface area contributed by atoms with Gasteiger partial charge in [-0.2, -0.15) is 0 Å². The van der Waals surface area contributed by atoms with E-state index in [1.54, 1.807) is 24.3 Å². The second-order valence-corrected chi connectivity index (χ2v) is 9.21. The number of rotatable bonds is 5. The summed E-state index contributed by atoms with van der Waals surface area (Å²) < 4.78 is 6.44. The molecule has 0 heterocycles. The van der Waals surface area contributed by atoms with Gasteiger partial charge in [-0.15, -0.1) is 0 Å². The van der Waals surface area contributed by atoms with Crippen molar-refractivity contribution in [3.05, 3.63) is 94.0 Å². The molecule has 180 valence electrons. The lowest BCUT2D eigenvalue weighted by Gasteiger charge is -2.31.